The fourth-order valence-electron chi connectivity index (χ4n) is 14.5. The van der Waals surface area contributed by atoms with Crippen LogP contribution in [-0.4, -0.2) is 199 Å². The van der Waals surface area contributed by atoms with Crippen LogP contribution in [0.1, 0.15) is 92.4 Å². The maximum Gasteiger partial charge on any atom is 0.187 e. The van der Waals surface area contributed by atoms with Crippen molar-refractivity contribution in [1.82, 2.24) is 0 Å². The van der Waals surface area contributed by atoms with Crippen LogP contribution in [0.25, 0.3) is 0 Å². The summed E-state index contributed by atoms with van der Waals surface area (Å²) in [7, 11) is 1.72. The van der Waals surface area contributed by atoms with Crippen LogP contribution in [0.2, 0.25) is 0 Å². The van der Waals surface area contributed by atoms with Gasteiger partial charge < -0.3 is 94.1 Å². The lowest BCUT2D eigenvalue weighted by Crippen LogP contribution is -2.65. The molecule has 65 heavy (non-hydrogen) atoms. The molecule has 4 heterocycles. The number of methoxy groups -OCH3 is 1. The van der Waals surface area contributed by atoms with Gasteiger partial charge in [0.1, 0.15) is 67.1 Å². The molecule has 11 N–H and O–H groups in total. The summed E-state index contributed by atoms with van der Waals surface area (Å²) in [6.45, 7) is 9.60. The van der Waals surface area contributed by atoms with E-state index in [1.165, 1.54) is 6.92 Å². The molecule has 4 saturated heterocycles. The standard InChI is InChI=1S/C46H78O19/c1-19(18-59-41-38(56)36(54)33(51)29(16-47)62-41)9-12-46(58-6)20(2)31-28(65-46)14-25-23-8-7-22-13-27(26(49)15-45(22,5)24(23)10-11-44(25,31)4)61-43-40(37(55)34(52)30(17-48)63-43)64-42-39(57)35(53)32(50)21(3)60-42/h19-43,47-57H,7-18H2,1-6H3/t19-,20+,21+,22+,23-,24+,25+,26-,27-,28?,29-,30-,31?,32+,33-,34+,35-,36+,37+,38-,39-,40-,41-,42+,43-,44+,45+,46?/m1/s1. The zero-order valence-corrected chi connectivity index (χ0v) is 38.6. The quantitative estimate of drug-likeness (QED) is 0.0975. The van der Waals surface area contributed by atoms with Gasteiger partial charge in [-0.05, 0) is 105 Å². The van der Waals surface area contributed by atoms with E-state index in [-0.39, 0.29) is 47.2 Å². The molecule has 0 aromatic carbocycles. The van der Waals surface area contributed by atoms with Crippen LogP contribution >= 0.6 is 0 Å². The Morgan fingerprint density at radius 3 is 2.00 bits per heavy atom. The largest absolute Gasteiger partial charge is 0.394 e. The van der Waals surface area contributed by atoms with Crippen molar-refractivity contribution in [2.75, 3.05) is 26.9 Å². The molecule has 8 aliphatic rings. The molecule has 0 aromatic heterocycles. The molecule has 0 amide bonds. The van der Waals surface area contributed by atoms with E-state index in [0.717, 1.165) is 32.1 Å². The molecule has 8 fully saturated rings. The predicted molar refractivity (Wildman–Crippen MR) is 224 cm³/mol. The summed E-state index contributed by atoms with van der Waals surface area (Å²) in [5, 5.41) is 116. The zero-order valence-electron chi connectivity index (χ0n) is 38.6. The highest BCUT2D eigenvalue weighted by Gasteiger charge is 2.69. The summed E-state index contributed by atoms with van der Waals surface area (Å²) in [4.78, 5) is 0. The monoisotopic (exact) mass is 935 g/mol. The van der Waals surface area contributed by atoms with Crippen LogP contribution in [-0.2, 0) is 37.9 Å². The normalized spacial score (nSPS) is 56.1. The molecule has 0 bridgehead atoms. The number of ether oxygens (including phenoxy) is 8. The van der Waals surface area contributed by atoms with E-state index in [0.29, 0.717) is 43.4 Å². The van der Waals surface area contributed by atoms with E-state index < -0.39 is 123 Å². The highest BCUT2D eigenvalue weighted by atomic mass is 16.8. The first kappa shape index (κ1) is 50.6. The van der Waals surface area contributed by atoms with Crippen LogP contribution < -0.4 is 0 Å². The molecule has 0 radical (unpaired) electrons. The third-order valence-electron chi connectivity index (χ3n) is 18.3. The first-order valence-corrected chi connectivity index (χ1v) is 24.2. The van der Waals surface area contributed by atoms with Crippen molar-refractivity contribution in [2.45, 2.75) is 209 Å². The van der Waals surface area contributed by atoms with Crippen LogP contribution in [0.3, 0.4) is 0 Å². The Balaban J connectivity index is 0.894. The average Bonchev–Trinajstić information content (AvgIpc) is 3.74. The summed E-state index contributed by atoms with van der Waals surface area (Å²) >= 11 is 0. The van der Waals surface area contributed by atoms with Gasteiger partial charge in [0.25, 0.3) is 0 Å². The van der Waals surface area contributed by atoms with E-state index >= 15 is 0 Å². The maximum atomic E-state index is 11.9. The SMILES string of the molecule is COC1(CC[C@@H](C)CO[C@@H]2O[C@H](CO)[C@@H](O)[C@H](O)[C@H]2O)OC2C[C@H]3[C@@H]4CC[C@H]5C[C@@H](O[C@@H]6O[C@H](CO)[C@H](O)[C@H](O)[C@H]6O[C@@H]6O[C@@H](C)[C@H](O)[C@@H](O)[C@H]6O)[C@H](O)C[C@]5(C)[C@H]4CC[C@]3(C)C2[C@@H]1C. The number of rotatable bonds is 13. The van der Waals surface area contributed by atoms with Gasteiger partial charge >= 0.3 is 0 Å². The van der Waals surface area contributed by atoms with Crippen molar-refractivity contribution >= 4 is 0 Å². The molecule has 0 spiro atoms. The minimum Gasteiger partial charge on any atom is -0.394 e. The first-order valence-electron chi connectivity index (χ1n) is 24.2. The molecule has 4 saturated carbocycles. The highest BCUT2D eigenvalue weighted by molar-refractivity contribution is 5.16. The van der Waals surface area contributed by atoms with Gasteiger partial charge in [-0.3, -0.25) is 0 Å². The lowest BCUT2D eigenvalue weighted by Gasteiger charge is -2.62. The molecule has 376 valence electrons. The van der Waals surface area contributed by atoms with E-state index in [9.17, 15) is 56.2 Å². The molecular weight excluding hydrogens is 856 g/mol. The van der Waals surface area contributed by atoms with Crippen molar-refractivity contribution in [3.63, 3.8) is 0 Å². The Morgan fingerprint density at radius 1 is 0.677 bits per heavy atom. The lowest BCUT2D eigenvalue weighted by molar-refractivity contribution is -0.374. The van der Waals surface area contributed by atoms with Crippen LogP contribution in [0.15, 0.2) is 0 Å². The fourth-order valence-corrected chi connectivity index (χ4v) is 14.5. The molecule has 0 aromatic rings. The molecule has 3 unspecified atom stereocenters. The van der Waals surface area contributed by atoms with Crippen LogP contribution in [0, 0.1) is 52.3 Å². The van der Waals surface area contributed by atoms with E-state index in [4.69, 9.17) is 37.9 Å². The minimum absolute atomic E-state index is 0.0121. The van der Waals surface area contributed by atoms with E-state index in [1.807, 2.05) is 6.92 Å². The van der Waals surface area contributed by atoms with E-state index in [1.54, 1.807) is 7.11 Å². The van der Waals surface area contributed by atoms with Gasteiger partial charge in [0.15, 0.2) is 24.7 Å². The van der Waals surface area contributed by atoms with Gasteiger partial charge in [0.05, 0.1) is 44.2 Å². The third-order valence-corrected chi connectivity index (χ3v) is 18.3. The van der Waals surface area contributed by atoms with E-state index in [2.05, 4.69) is 20.8 Å². The zero-order chi connectivity index (χ0) is 47.1. The van der Waals surface area contributed by atoms with Gasteiger partial charge in [-0.1, -0.05) is 27.7 Å². The molecule has 28 atom stereocenters. The number of hydrogen-bond acceptors (Lipinski definition) is 19. The predicted octanol–water partition coefficient (Wildman–Crippen LogP) is -1.13. The lowest BCUT2D eigenvalue weighted by atomic mass is 9.44. The molecular formula is C46H78O19. The van der Waals surface area contributed by atoms with Gasteiger partial charge in [-0.15, -0.1) is 0 Å². The molecule has 8 rings (SSSR count). The summed E-state index contributed by atoms with van der Waals surface area (Å²) in [6, 6.07) is 0. The summed E-state index contributed by atoms with van der Waals surface area (Å²) in [5.74, 6) is 1.07. The molecule has 4 aliphatic carbocycles. The molecule has 19 heteroatoms. The number of aliphatic hydroxyl groups excluding tert-OH is 11. The van der Waals surface area contributed by atoms with Gasteiger partial charge in [-0.2, -0.15) is 0 Å². The van der Waals surface area contributed by atoms with Gasteiger partial charge in [0.2, 0.25) is 0 Å². The molecule has 19 nitrogen and oxygen atoms in total. The Hall–Kier alpha value is -0.760. The Kier molecular flexibility index (Phi) is 15.1. The van der Waals surface area contributed by atoms with Crippen LogP contribution in [0.5, 0.6) is 0 Å². The number of fused-ring (bicyclic) bond motifs is 7. The Morgan fingerprint density at radius 2 is 1.32 bits per heavy atom. The highest BCUT2D eigenvalue weighted by Crippen LogP contribution is 2.71. The summed E-state index contributed by atoms with van der Waals surface area (Å²) in [6.07, 6.45) is -15.4. The smallest absolute Gasteiger partial charge is 0.187 e. The Bertz CT molecular complexity index is 1600. The molecule has 4 aliphatic heterocycles. The fraction of sp³-hybridized carbons (Fsp3) is 1.00. The number of hydrogen-bond donors (Lipinski definition) is 11. The first-order chi connectivity index (χ1) is 30.7. The van der Waals surface area contributed by atoms with Gasteiger partial charge in [0, 0.05) is 19.4 Å². The second-order valence-electron chi connectivity index (χ2n) is 21.8. The van der Waals surface area contributed by atoms with Gasteiger partial charge in [-0.25, -0.2) is 0 Å². The summed E-state index contributed by atoms with van der Waals surface area (Å²) in [5.41, 5.74) is -0.160. The maximum absolute atomic E-state index is 11.9. The Labute approximate surface area is 381 Å². The van der Waals surface area contributed by atoms with Crippen molar-refractivity contribution in [1.29, 1.82) is 0 Å². The van der Waals surface area contributed by atoms with Crippen molar-refractivity contribution in [3.05, 3.63) is 0 Å². The second-order valence-corrected chi connectivity index (χ2v) is 21.8. The van der Waals surface area contributed by atoms with Crippen LogP contribution in [0.4, 0.5) is 0 Å². The number of aliphatic hydroxyl groups is 11. The topological polar surface area (TPSA) is 296 Å². The second kappa shape index (κ2) is 19.4. The minimum atomic E-state index is -1.69. The third kappa shape index (κ3) is 8.79. The van der Waals surface area contributed by atoms with Crippen molar-refractivity contribution in [2.24, 2.45) is 52.3 Å². The van der Waals surface area contributed by atoms with Crippen molar-refractivity contribution < 1.29 is 94.1 Å². The summed E-state index contributed by atoms with van der Waals surface area (Å²) < 4.78 is 48.7. The average molecular weight is 935 g/mol. The van der Waals surface area contributed by atoms with Crippen molar-refractivity contribution in [3.8, 4) is 0 Å².